The molecule has 0 unspecified atom stereocenters. The van der Waals surface area contributed by atoms with E-state index in [0.717, 1.165) is 59.5 Å². The van der Waals surface area contributed by atoms with E-state index in [0.29, 0.717) is 0 Å². The van der Waals surface area contributed by atoms with Gasteiger partial charge < -0.3 is 4.90 Å². The highest BCUT2D eigenvalue weighted by Crippen LogP contribution is 2.45. The Balaban J connectivity index is 0.000000262. The molecule has 1 saturated carbocycles. The van der Waals surface area contributed by atoms with Crippen LogP contribution in [0.1, 0.15) is 69.8 Å². The van der Waals surface area contributed by atoms with Crippen LogP contribution in [0, 0.1) is 13.8 Å². The first kappa shape index (κ1) is 25.5. The second kappa shape index (κ2) is 11.7. The zero-order chi connectivity index (χ0) is 23.0. The van der Waals surface area contributed by atoms with E-state index in [9.17, 15) is 9.59 Å². The average Bonchev–Trinajstić information content (AvgIpc) is 3.48. The van der Waals surface area contributed by atoms with Crippen molar-refractivity contribution in [1.82, 2.24) is 19.8 Å². The molecule has 2 fully saturated rings. The normalized spacial score (nSPS) is 17.0. The number of hydrogen-bond acceptors (Lipinski definition) is 6. The van der Waals surface area contributed by atoms with Gasteiger partial charge in [0.15, 0.2) is 0 Å². The molecule has 2 aliphatic rings. The van der Waals surface area contributed by atoms with Gasteiger partial charge in [-0.25, -0.2) is 9.97 Å². The van der Waals surface area contributed by atoms with Crippen molar-refractivity contribution in [1.29, 1.82) is 0 Å². The SMILES string of the molecule is C/C=C\c1c(C)ncnc1C.CCCCN(C(=S)CN1C(=O)CSC1=O)C1(CC)CC1. The van der Waals surface area contributed by atoms with E-state index < -0.39 is 0 Å². The number of aromatic nitrogens is 2. The van der Waals surface area contributed by atoms with Crippen molar-refractivity contribution >= 4 is 46.2 Å². The van der Waals surface area contributed by atoms with Gasteiger partial charge in [0.25, 0.3) is 5.24 Å². The van der Waals surface area contributed by atoms with Gasteiger partial charge in [-0.1, -0.05) is 56.4 Å². The molecule has 170 valence electrons. The first-order valence-electron chi connectivity index (χ1n) is 11.0. The molecule has 2 amide bonds. The maximum Gasteiger partial charge on any atom is 0.289 e. The number of carbonyl (C=O) groups is 2. The number of amides is 2. The summed E-state index contributed by atoms with van der Waals surface area (Å²) in [6.07, 6.45) is 11.3. The summed E-state index contributed by atoms with van der Waals surface area (Å²) in [5.41, 5.74) is 3.41. The molecule has 0 bridgehead atoms. The van der Waals surface area contributed by atoms with Crippen molar-refractivity contribution in [2.45, 2.75) is 72.3 Å². The third kappa shape index (κ3) is 6.59. The Hall–Kier alpha value is -1.80. The number of hydrogen-bond donors (Lipinski definition) is 0. The van der Waals surface area contributed by atoms with E-state index in [1.165, 1.54) is 17.7 Å². The second-order valence-electron chi connectivity index (χ2n) is 7.97. The van der Waals surface area contributed by atoms with E-state index in [1.54, 1.807) is 6.33 Å². The molecule has 1 saturated heterocycles. The molecule has 1 aliphatic heterocycles. The zero-order valence-corrected chi connectivity index (χ0v) is 20.9. The van der Waals surface area contributed by atoms with Crippen molar-refractivity contribution in [2.75, 3.05) is 18.8 Å². The number of rotatable bonds is 8. The summed E-state index contributed by atoms with van der Waals surface area (Å²) in [6.45, 7) is 11.5. The van der Waals surface area contributed by atoms with Gasteiger partial charge in [-0.15, -0.1) is 0 Å². The van der Waals surface area contributed by atoms with Crippen molar-refractivity contribution in [3.63, 3.8) is 0 Å². The summed E-state index contributed by atoms with van der Waals surface area (Å²) < 4.78 is 0. The minimum Gasteiger partial charge on any atom is -0.359 e. The van der Waals surface area contributed by atoms with Gasteiger partial charge in [-0.05, 0) is 46.5 Å². The highest BCUT2D eigenvalue weighted by atomic mass is 32.2. The molecule has 6 nitrogen and oxygen atoms in total. The van der Waals surface area contributed by atoms with E-state index in [1.807, 2.05) is 32.9 Å². The minimum atomic E-state index is -0.158. The van der Waals surface area contributed by atoms with Crippen molar-refractivity contribution in [3.05, 3.63) is 29.4 Å². The minimum absolute atomic E-state index is 0.112. The molecule has 1 aromatic rings. The lowest BCUT2D eigenvalue weighted by Crippen LogP contribution is -2.47. The molecule has 3 rings (SSSR count). The molecule has 0 radical (unpaired) electrons. The van der Waals surface area contributed by atoms with Gasteiger partial charge in [0.05, 0.1) is 17.3 Å². The van der Waals surface area contributed by atoms with Crippen LogP contribution in [0.25, 0.3) is 6.08 Å². The van der Waals surface area contributed by atoms with Crippen LogP contribution >= 0.6 is 24.0 Å². The van der Waals surface area contributed by atoms with Crippen LogP contribution in [-0.2, 0) is 4.79 Å². The fourth-order valence-electron chi connectivity index (χ4n) is 3.67. The Bertz CT molecular complexity index is 801. The number of unbranched alkanes of at least 4 members (excludes halogenated alkanes) is 1. The third-order valence-corrected chi connectivity index (χ3v) is 7.05. The monoisotopic (exact) mass is 462 g/mol. The second-order valence-corrected chi connectivity index (χ2v) is 9.37. The zero-order valence-electron chi connectivity index (χ0n) is 19.3. The van der Waals surface area contributed by atoms with Crippen LogP contribution in [0.15, 0.2) is 12.4 Å². The molecule has 8 heteroatoms. The Morgan fingerprint density at radius 1 is 1.26 bits per heavy atom. The first-order chi connectivity index (χ1) is 14.8. The fourth-order valence-corrected chi connectivity index (χ4v) is 4.81. The van der Waals surface area contributed by atoms with Gasteiger partial charge in [-0.2, -0.15) is 0 Å². The first-order valence-corrected chi connectivity index (χ1v) is 12.4. The van der Waals surface area contributed by atoms with Crippen LogP contribution in [0.5, 0.6) is 0 Å². The molecule has 31 heavy (non-hydrogen) atoms. The van der Waals surface area contributed by atoms with Crippen LogP contribution in [-0.4, -0.2) is 60.3 Å². The molecule has 0 aromatic carbocycles. The predicted molar refractivity (Wildman–Crippen MR) is 132 cm³/mol. The van der Waals surface area contributed by atoms with Crippen LogP contribution in [0.3, 0.4) is 0 Å². The topological polar surface area (TPSA) is 66.4 Å². The number of aryl methyl sites for hydroxylation is 2. The Labute approximate surface area is 195 Å². The smallest absolute Gasteiger partial charge is 0.289 e. The molecule has 2 heterocycles. The molecule has 0 spiro atoms. The number of thiocarbonyl (C=S) groups is 1. The maximum atomic E-state index is 11.7. The van der Waals surface area contributed by atoms with Gasteiger partial charge in [0, 0.05) is 29.0 Å². The van der Waals surface area contributed by atoms with E-state index >= 15 is 0 Å². The number of allylic oxidation sites excluding steroid dienone is 1. The molecule has 1 aliphatic carbocycles. The Kier molecular flexibility index (Phi) is 9.62. The summed E-state index contributed by atoms with van der Waals surface area (Å²) >= 11 is 6.63. The Morgan fingerprint density at radius 2 is 1.90 bits per heavy atom. The summed E-state index contributed by atoms with van der Waals surface area (Å²) in [5, 5.41) is -0.158. The fraction of sp³-hybridized carbons (Fsp3) is 0.609. The quantitative estimate of drug-likeness (QED) is 0.493. The molecular formula is C23H34N4O2S2. The van der Waals surface area contributed by atoms with Gasteiger partial charge in [-0.3, -0.25) is 14.5 Å². The van der Waals surface area contributed by atoms with Crippen LogP contribution < -0.4 is 0 Å². The van der Waals surface area contributed by atoms with Gasteiger partial charge >= 0.3 is 0 Å². The molecule has 1 aromatic heterocycles. The third-order valence-electron chi connectivity index (χ3n) is 5.84. The standard InChI is InChI=1S/C14H22N2O2S2.C9H12N2/c1-3-5-8-16(14(4-2)6-7-14)12(19)9-15-11(17)10-20-13(15)18;1-4-5-9-7(2)10-6-11-8(9)3/h3-10H2,1-2H3;4-6H,1-3H3/b;5-4-. The van der Waals surface area contributed by atoms with Crippen molar-refractivity contribution < 1.29 is 9.59 Å². The summed E-state index contributed by atoms with van der Waals surface area (Å²) in [4.78, 5) is 35.9. The number of carbonyl (C=O) groups excluding carboxylic acids is 2. The van der Waals surface area contributed by atoms with E-state index in [-0.39, 0.29) is 29.0 Å². The highest BCUT2D eigenvalue weighted by molar-refractivity contribution is 8.14. The number of thioether (sulfide) groups is 1. The summed E-state index contributed by atoms with van der Waals surface area (Å²) in [5.74, 6) is 0.147. The summed E-state index contributed by atoms with van der Waals surface area (Å²) in [7, 11) is 0. The maximum absolute atomic E-state index is 11.7. The molecule has 0 N–H and O–H groups in total. The van der Waals surface area contributed by atoms with Crippen LogP contribution in [0.4, 0.5) is 4.79 Å². The predicted octanol–water partition coefficient (Wildman–Crippen LogP) is 5.18. The van der Waals surface area contributed by atoms with Crippen molar-refractivity contribution in [2.24, 2.45) is 0 Å². The lowest BCUT2D eigenvalue weighted by Gasteiger charge is -2.35. The lowest BCUT2D eigenvalue weighted by molar-refractivity contribution is -0.124. The molecular weight excluding hydrogens is 428 g/mol. The van der Waals surface area contributed by atoms with E-state index in [2.05, 4.69) is 28.7 Å². The largest absolute Gasteiger partial charge is 0.359 e. The summed E-state index contributed by atoms with van der Waals surface area (Å²) in [6, 6.07) is 0. The van der Waals surface area contributed by atoms with Crippen LogP contribution in [0.2, 0.25) is 0 Å². The molecule has 0 atom stereocenters. The van der Waals surface area contributed by atoms with Gasteiger partial charge in [0.2, 0.25) is 5.91 Å². The lowest BCUT2D eigenvalue weighted by atomic mass is 10.1. The number of imide groups is 1. The highest BCUT2D eigenvalue weighted by Gasteiger charge is 2.47. The average molecular weight is 463 g/mol. The van der Waals surface area contributed by atoms with E-state index in [4.69, 9.17) is 12.2 Å². The van der Waals surface area contributed by atoms with Gasteiger partial charge in [0.1, 0.15) is 6.33 Å². The number of nitrogens with zero attached hydrogens (tertiary/aromatic N) is 4. The van der Waals surface area contributed by atoms with Crippen molar-refractivity contribution in [3.8, 4) is 0 Å². The Morgan fingerprint density at radius 3 is 2.35 bits per heavy atom.